The highest BCUT2D eigenvalue weighted by molar-refractivity contribution is 5.90. The third kappa shape index (κ3) is 7.17. The maximum Gasteiger partial charge on any atom is 0.416 e. The van der Waals surface area contributed by atoms with Crippen LogP contribution in [-0.4, -0.2) is 17.0 Å². The predicted octanol–water partition coefficient (Wildman–Crippen LogP) is 4.80. The van der Waals surface area contributed by atoms with Gasteiger partial charge in [0.2, 0.25) is 0 Å². The fourth-order valence-electron chi connectivity index (χ4n) is 2.64. The minimum absolute atomic E-state index is 0. The van der Waals surface area contributed by atoms with Gasteiger partial charge in [0.05, 0.1) is 16.8 Å². The number of carbonyl (C=O) groups is 1. The number of guanidine groups is 1. The molecule has 0 aliphatic carbocycles. The smallest absolute Gasteiger partial charge is 0.416 e. The van der Waals surface area contributed by atoms with Crippen molar-refractivity contribution < 1.29 is 27.4 Å². The van der Waals surface area contributed by atoms with Gasteiger partial charge in [-0.25, -0.2) is 9.78 Å². The molecule has 12 heteroatoms. The van der Waals surface area contributed by atoms with Gasteiger partial charge < -0.3 is 15.2 Å². The molecule has 0 atom stereocenters. The van der Waals surface area contributed by atoms with Crippen molar-refractivity contribution in [1.29, 1.82) is 5.41 Å². The number of nitrogens with one attached hydrogen (secondary N) is 2. The number of hydrogen-bond acceptors (Lipinski definition) is 5. The van der Waals surface area contributed by atoms with Gasteiger partial charge in [-0.3, -0.25) is 10.7 Å². The van der Waals surface area contributed by atoms with E-state index in [0.29, 0.717) is 5.69 Å². The van der Waals surface area contributed by atoms with Gasteiger partial charge >= 0.3 is 12.3 Å². The first kappa shape index (κ1) is 26.8. The zero-order valence-corrected chi connectivity index (χ0v) is 17.9. The molecule has 7 nitrogen and oxygen atoms in total. The minimum atomic E-state index is -4.57. The summed E-state index contributed by atoms with van der Waals surface area (Å²) in [4.78, 5) is 15.9. The molecule has 1 amide bonds. The molecule has 0 unspecified atom stereocenters. The second kappa shape index (κ2) is 11.4. The number of alkyl carbamates (subject to hydrolysis) is 1. The summed E-state index contributed by atoms with van der Waals surface area (Å²) in [5.41, 5.74) is 5.45. The lowest BCUT2D eigenvalue weighted by molar-refractivity contribution is -0.137. The van der Waals surface area contributed by atoms with Gasteiger partial charge in [0, 0.05) is 10.9 Å². The summed E-state index contributed by atoms with van der Waals surface area (Å²) in [6.45, 7) is -0.508. The molecule has 3 rings (SSSR count). The van der Waals surface area contributed by atoms with E-state index in [1.807, 2.05) is 35.6 Å². The molecule has 0 bridgehead atoms. The van der Waals surface area contributed by atoms with Gasteiger partial charge in [-0.2, -0.15) is 13.2 Å². The summed E-state index contributed by atoms with van der Waals surface area (Å²) >= 11 is 0. The number of hydrogen-bond donors (Lipinski definition) is 3. The number of nitrogens with two attached hydrogens (primary N) is 1. The molecule has 0 aliphatic rings. The van der Waals surface area contributed by atoms with Crippen LogP contribution in [0.3, 0.4) is 0 Å². The van der Waals surface area contributed by atoms with Crippen LogP contribution in [0.2, 0.25) is 0 Å². The highest BCUT2D eigenvalue weighted by Crippen LogP contribution is 2.33. The van der Waals surface area contributed by atoms with Gasteiger partial charge in [0.1, 0.15) is 19.0 Å². The first-order valence-electron chi connectivity index (χ1n) is 8.68. The molecule has 32 heavy (non-hydrogen) atoms. The first-order valence-corrected chi connectivity index (χ1v) is 8.68. The molecule has 2 aromatic carbocycles. The maximum atomic E-state index is 13.1. The third-order valence-corrected chi connectivity index (χ3v) is 4.01. The second-order valence-electron chi connectivity index (χ2n) is 6.22. The molecule has 172 valence electrons. The number of alkyl halides is 3. The molecule has 0 saturated carbocycles. The van der Waals surface area contributed by atoms with Crippen molar-refractivity contribution in [3.05, 3.63) is 71.4 Å². The van der Waals surface area contributed by atoms with Gasteiger partial charge in [-0.05, 0) is 30.3 Å². The molecular weight excluding hydrogens is 472 g/mol. The van der Waals surface area contributed by atoms with Crippen molar-refractivity contribution in [2.45, 2.75) is 19.4 Å². The zero-order chi connectivity index (χ0) is 21.7. The minimum Gasteiger partial charge on any atom is -0.487 e. The van der Waals surface area contributed by atoms with Crippen LogP contribution in [0.1, 0.15) is 16.8 Å². The van der Waals surface area contributed by atoms with Crippen molar-refractivity contribution in [1.82, 2.24) is 10.3 Å². The van der Waals surface area contributed by atoms with E-state index in [-0.39, 0.29) is 42.7 Å². The van der Waals surface area contributed by atoms with Crippen molar-refractivity contribution in [3.63, 3.8) is 0 Å². The van der Waals surface area contributed by atoms with E-state index in [0.717, 1.165) is 29.1 Å². The number of amides is 1. The Morgan fingerprint density at radius 2 is 1.78 bits per heavy atom. The molecule has 4 N–H and O–H groups in total. The molecular formula is C20H19Cl2F3N4O3. The fourth-order valence-corrected chi connectivity index (χ4v) is 2.64. The Hall–Kier alpha value is -3.24. The third-order valence-electron chi connectivity index (χ3n) is 4.01. The number of ether oxygens (including phenoxy) is 2. The molecule has 0 aliphatic heterocycles. The monoisotopic (exact) mass is 490 g/mol. The van der Waals surface area contributed by atoms with E-state index in [4.69, 9.17) is 20.6 Å². The number of pyridine rings is 1. The predicted molar refractivity (Wildman–Crippen MR) is 117 cm³/mol. The van der Waals surface area contributed by atoms with Crippen molar-refractivity contribution >= 4 is 47.8 Å². The number of fused-ring (bicyclic) bond motifs is 1. The Morgan fingerprint density at radius 1 is 1.06 bits per heavy atom. The number of para-hydroxylation sites is 1. The van der Waals surface area contributed by atoms with Crippen LogP contribution in [0.25, 0.3) is 10.9 Å². The van der Waals surface area contributed by atoms with Gasteiger partial charge in [0.25, 0.3) is 0 Å². The lowest BCUT2D eigenvalue weighted by Crippen LogP contribution is -2.36. The summed E-state index contributed by atoms with van der Waals surface area (Å²) in [5, 5.41) is 9.79. The zero-order valence-electron chi connectivity index (χ0n) is 16.3. The summed E-state index contributed by atoms with van der Waals surface area (Å²) in [6, 6.07) is 14.0. The van der Waals surface area contributed by atoms with Crippen molar-refractivity contribution in [2.24, 2.45) is 5.73 Å². The Bertz CT molecular complexity index is 1100. The van der Waals surface area contributed by atoms with Crippen LogP contribution in [0, 0.1) is 5.41 Å². The number of carbonyl (C=O) groups excluding carboxylic acids is 1. The summed E-state index contributed by atoms with van der Waals surface area (Å²) in [6.07, 6.45) is -5.64. The van der Waals surface area contributed by atoms with E-state index < -0.39 is 30.4 Å². The lowest BCUT2D eigenvalue weighted by Gasteiger charge is -2.15. The molecule has 3 aromatic rings. The number of nitrogens with zero attached hydrogens (tertiary/aromatic N) is 1. The van der Waals surface area contributed by atoms with Crippen molar-refractivity contribution in [3.8, 4) is 5.75 Å². The number of benzene rings is 2. The number of aromatic nitrogens is 1. The Kier molecular flexibility index (Phi) is 9.54. The van der Waals surface area contributed by atoms with E-state index in [9.17, 15) is 18.0 Å². The van der Waals surface area contributed by atoms with Crippen LogP contribution in [0.15, 0.2) is 54.6 Å². The van der Waals surface area contributed by atoms with Crippen LogP contribution in [0.4, 0.5) is 18.0 Å². The van der Waals surface area contributed by atoms with E-state index in [2.05, 4.69) is 4.98 Å². The molecule has 1 aromatic heterocycles. The standard InChI is InChI=1S/C20H17F3N4O3.2ClH/c21-20(22,23)14-6-8-17(13(9-14)10-30-19(28)27-18(24)25)29-11-15-7-5-12-3-1-2-4-16(12)26-15;;/h1-9H,10-11H2,(H4,24,25,27,28);2*1H. The van der Waals surface area contributed by atoms with Gasteiger partial charge in [-0.1, -0.05) is 24.3 Å². The highest BCUT2D eigenvalue weighted by Gasteiger charge is 2.31. The van der Waals surface area contributed by atoms with Crippen LogP contribution in [-0.2, 0) is 24.1 Å². The largest absolute Gasteiger partial charge is 0.487 e. The van der Waals surface area contributed by atoms with Crippen molar-refractivity contribution in [2.75, 3.05) is 0 Å². The highest BCUT2D eigenvalue weighted by atomic mass is 35.5. The first-order chi connectivity index (χ1) is 14.2. The van der Waals surface area contributed by atoms with E-state index in [1.165, 1.54) is 0 Å². The molecule has 0 fully saturated rings. The lowest BCUT2D eigenvalue weighted by atomic mass is 10.1. The number of halogens is 5. The van der Waals surface area contributed by atoms with Crippen LogP contribution < -0.4 is 15.8 Å². The Morgan fingerprint density at radius 3 is 2.47 bits per heavy atom. The van der Waals surface area contributed by atoms with Gasteiger partial charge in [-0.15, -0.1) is 24.8 Å². The average Bonchev–Trinajstić information content (AvgIpc) is 2.69. The Labute approximate surface area is 193 Å². The summed E-state index contributed by atoms with van der Waals surface area (Å²) in [7, 11) is 0. The van der Waals surface area contributed by atoms with E-state index in [1.54, 1.807) is 6.07 Å². The normalized spacial score (nSPS) is 10.5. The SMILES string of the molecule is Cl.Cl.N=C(N)NC(=O)OCc1cc(C(F)(F)F)ccc1OCc1ccc2ccccc2n1. The van der Waals surface area contributed by atoms with Gasteiger partial charge in [0.15, 0.2) is 5.96 Å². The topological polar surface area (TPSA) is 110 Å². The van der Waals surface area contributed by atoms with Crippen LogP contribution in [0.5, 0.6) is 5.75 Å². The Balaban J connectivity index is 0.00000256. The van der Waals surface area contributed by atoms with Crippen LogP contribution >= 0.6 is 24.8 Å². The summed E-state index contributed by atoms with van der Waals surface area (Å²) < 4.78 is 49.6. The second-order valence-corrected chi connectivity index (χ2v) is 6.22. The average molecular weight is 491 g/mol. The quantitative estimate of drug-likeness (QED) is 0.351. The van der Waals surface area contributed by atoms with E-state index >= 15 is 0 Å². The molecule has 0 spiro atoms. The number of rotatable bonds is 5. The molecule has 1 heterocycles. The maximum absolute atomic E-state index is 13.1. The molecule has 0 saturated heterocycles. The molecule has 0 radical (unpaired) electrons. The fraction of sp³-hybridized carbons (Fsp3) is 0.150. The summed E-state index contributed by atoms with van der Waals surface area (Å²) in [5.74, 6) is -0.545.